The lowest BCUT2D eigenvalue weighted by Gasteiger charge is -2.22. The van der Waals surface area contributed by atoms with Gasteiger partial charge in [-0.1, -0.05) is 18.6 Å². The van der Waals surface area contributed by atoms with E-state index in [-0.39, 0.29) is 23.8 Å². The molecule has 1 aromatic carbocycles. The molecular weight excluding hydrogens is 294 g/mol. The van der Waals surface area contributed by atoms with E-state index in [0.717, 1.165) is 37.1 Å². The molecule has 3 amide bonds. The Morgan fingerprint density at radius 2 is 1.83 bits per heavy atom. The van der Waals surface area contributed by atoms with E-state index in [1.807, 2.05) is 12.1 Å². The smallest absolute Gasteiger partial charge is 0.241 e. The van der Waals surface area contributed by atoms with Gasteiger partial charge in [0.05, 0.1) is 12.6 Å². The maximum Gasteiger partial charge on any atom is 0.241 e. The van der Waals surface area contributed by atoms with E-state index < -0.39 is 0 Å². The summed E-state index contributed by atoms with van der Waals surface area (Å²) >= 11 is 0. The first kappa shape index (κ1) is 15.7. The van der Waals surface area contributed by atoms with E-state index in [9.17, 15) is 14.4 Å². The standard InChI is InChI=1S/C17H21N3O3/c21-15-8-9-16(22)20(15)11-12-4-6-13(7-5-12)19-17(23)14-3-1-2-10-18-14/h4-7,14,18H,1-3,8-11H2,(H,19,23). The maximum atomic E-state index is 12.1. The summed E-state index contributed by atoms with van der Waals surface area (Å²) in [5.74, 6) is -0.242. The number of nitrogens with zero attached hydrogens (tertiary/aromatic N) is 1. The number of likely N-dealkylation sites (tertiary alicyclic amines) is 1. The predicted octanol–water partition coefficient (Wildman–Crippen LogP) is 1.42. The zero-order chi connectivity index (χ0) is 16.2. The highest BCUT2D eigenvalue weighted by Gasteiger charge is 2.28. The summed E-state index contributed by atoms with van der Waals surface area (Å²) < 4.78 is 0. The fraction of sp³-hybridized carbons (Fsp3) is 0.471. The highest BCUT2D eigenvalue weighted by molar-refractivity contribution is 6.01. The highest BCUT2D eigenvalue weighted by atomic mass is 16.2. The Balaban J connectivity index is 1.57. The summed E-state index contributed by atoms with van der Waals surface area (Å²) in [6, 6.07) is 7.16. The summed E-state index contributed by atoms with van der Waals surface area (Å²) in [7, 11) is 0. The molecule has 2 aliphatic heterocycles. The van der Waals surface area contributed by atoms with Crippen molar-refractivity contribution in [2.75, 3.05) is 11.9 Å². The van der Waals surface area contributed by atoms with Crippen LogP contribution >= 0.6 is 0 Å². The molecule has 0 saturated carbocycles. The van der Waals surface area contributed by atoms with Gasteiger partial charge in [0.2, 0.25) is 17.7 Å². The van der Waals surface area contributed by atoms with Crippen molar-refractivity contribution in [3.63, 3.8) is 0 Å². The first-order valence-electron chi connectivity index (χ1n) is 8.10. The Bertz CT molecular complexity index is 590. The van der Waals surface area contributed by atoms with Gasteiger partial charge in [-0.2, -0.15) is 0 Å². The lowest BCUT2D eigenvalue weighted by Crippen LogP contribution is -2.43. The molecule has 122 valence electrons. The van der Waals surface area contributed by atoms with Crippen LogP contribution in [0.4, 0.5) is 5.69 Å². The number of nitrogens with one attached hydrogen (secondary N) is 2. The van der Waals surface area contributed by atoms with Crippen LogP contribution in [-0.4, -0.2) is 35.2 Å². The molecule has 0 aliphatic carbocycles. The van der Waals surface area contributed by atoms with Crippen LogP contribution in [0.1, 0.15) is 37.7 Å². The minimum absolute atomic E-state index is 0.0117. The lowest BCUT2D eigenvalue weighted by atomic mass is 10.0. The summed E-state index contributed by atoms with van der Waals surface area (Å²) in [4.78, 5) is 36.7. The molecule has 23 heavy (non-hydrogen) atoms. The summed E-state index contributed by atoms with van der Waals surface area (Å²) in [5.41, 5.74) is 1.60. The molecule has 1 atom stereocenters. The third-order valence-electron chi connectivity index (χ3n) is 4.34. The largest absolute Gasteiger partial charge is 0.325 e. The Hall–Kier alpha value is -2.21. The van der Waals surface area contributed by atoms with Crippen LogP contribution in [0.3, 0.4) is 0 Å². The molecule has 6 nitrogen and oxygen atoms in total. The van der Waals surface area contributed by atoms with E-state index in [0.29, 0.717) is 19.4 Å². The van der Waals surface area contributed by atoms with Crippen molar-refractivity contribution in [1.29, 1.82) is 0 Å². The minimum Gasteiger partial charge on any atom is -0.325 e. The molecule has 2 N–H and O–H groups in total. The third-order valence-corrected chi connectivity index (χ3v) is 4.34. The number of carbonyl (C=O) groups is 3. The zero-order valence-corrected chi connectivity index (χ0v) is 13.0. The van der Waals surface area contributed by atoms with E-state index in [1.54, 1.807) is 12.1 Å². The quantitative estimate of drug-likeness (QED) is 0.824. The average Bonchev–Trinajstić information content (AvgIpc) is 2.89. The Morgan fingerprint density at radius 3 is 2.43 bits per heavy atom. The molecule has 0 aromatic heterocycles. The van der Waals surface area contributed by atoms with Crippen LogP contribution in [0, 0.1) is 0 Å². The molecule has 2 heterocycles. The summed E-state index contributed by atoms with van der Waals surface area (Å²) in [6.07, 6.45) is 3.67. The summed E-state index contributed by atoms with van der Waals surface area (Å²) in [6.45, 7) is 1.19. The number of anilines is 1. The molecule has 1 unspecified atom stereocenters. The van der Waals surface area contributed by atoms with Gasteiger partial charge >= 0.3 is 0 Å². The molecule has 0 radical (unpaired) electrons. The third kappa shape index (κ3) is 3.76. The molecule has 3 rings (SSSR count). The normalized spacial score (nSPS) is 21.6. The molecule has 6 heteroatoms. The zero-order valence-electron chi connectivity index (χ0n) is 13.0. The van der Waals surface area contributed by atoms with Crippen LogP contribution in [0.5, 0.6) is 0 Å². The number of amides is 3. The van der Waals surface area contributed by atoms with Gasteiger partial charge in [-0.3, -0.25) is 19.3 Å². The van der Waals surface area contributed by atoms with Crippen molar-refractivity contribution in [1.82, 2.24) is 10.2 Å². The number of hydrogen-bond donors (Lipinski definition) is 2. The summed E-state index contributed by atoms with van der Waals surface area (Å²) in [5, 5.41) is 6.12. The molecule has 2 aliphatic rings. The fourth-order valence-electron chi connectivity index (χ4n) is 2.98. The Morgan fingerprint density at radius 1 is 1.13 bits per heavy atom. The maximum absolute atomic E-state index is 12.1. The van der Waals surface area contributed by atoms with Crippen molar-refractivity contribution < 1.29 is 14.4 Å². The molecule has 2 saturated heterocycles. The number of carbonyl (C=O) groups excluding carboxylic acids is 3. The number of benzene rings is 1. The van der Waals surface area contributed by atoms with Crippen molar-refractivity contribution in [2.45, 2.75) is 44.7 Å². The van der Waals surface area contributed by atoms with E-state index in [1.165, 1.54) is 4.90 Å². The SMILES string of the molecule is O=C(Nc1ccc(CN2C(=O)CCC2=O)cc1)C1CCCCN1. The van der Waals surface area contributed by atoms with E-state index in [2.05, 4.69) is 10.6 Å². The van der Waals surface area contributed by atoms with Crippen LogP contribution < -0.4 is 10.6 Å². The molecule has 1 aromatic rings. The van der Waals surface area contributed by atoms with Crippen LogP contribution in [0.15, 0.2) is 24.3 Å². The van der Waals surface area contributed by atoms with Gasteiger partial charge in [0, 0.05) is 18.5 Å². The van der Waals surface area contributed by atoms with Gasteiger partial charge in [0.1, 0.15) is 0 Å². The van der Waals surface area contributed by atoms with Crippen molar-refractivity contribution >= 4 is 23.4 Å². The second kappa shape index (κ2) is 6.91. The Labute approximate surface area is 135 Å². The molecule has 0 spiro atoms. The van der Waals surface area contributed by atoms with Crippen molar-refractivity contribution in [2.24, 2.45) is 0 Å². The van der Waals surface area contributed by atoms with Crippen LogP contribution in [0.25, 0.3) is 0 Å². The first-order chi connectivity index (χ1) is 11.1. The molecule has 2 fully saturated rings. The molecular formula is C17H21N3O3. The number of piperidine rings is 1. The topological polar surface area (TPSA) is 78.5 Å². The van der Waals surface area contributed by atoms with Crippen molar-refractivity contribution in [3.05, 3.63) is 29.8 Å². The van der Waals surface area contributed by atoms with Crippen molar-refractivity contribution in [3.8, 4) is 0 Å². The first-order valence-corrected chi connectivity index (χ1v) is 8.10. The van der Waals surface area contributed by atoms with Gasteiger partial charge in [-0.15, -0.1) is 0 Å². The van der Waals surface area contributed by atoms with Gasteiger partial charge in [0.25, 0.3) is 0 Å². The Kier molecular flexibility index (Phi) is 4.71. The van der Waals surface area contributed by atoms with Gasteiger partial charge in [-0.05, 0) is 37.1 Å². The highest BCUT2D eigenvalue weighted by Crippen LogP contribution is 2.18. The van der Waals surface area contributed by atoms with E-state index >= 15 is 0 Å². The number of rotatable bonds is 4. The second-order valence-electron chi connectivity index (χ2n) is 6.06. The lowest BCUT2D eigenvalue weighted by molar-refractivity contribution is -0.139. The monoisotopic (exact) mass is 315 g/mol. The van der Waals surface area contributed by atoms with Gasteiger partial charge < -0.3 is 10.6 Å². The van der Waals surface area contributed by atoms with Crippen LogP contribution in [0.2, 0.25) is 0 Å². The molecule has 0 bridgehead atoms. The predicted molar refractivity (Wildman–Crippen MR) is 85.5 cm³/mol. The number of hydrogen-bond acceptors (Lipinski definition) is 4. The number of imide groups is 1. The fourth-order valence-corrected chi connectivity index (χ4v) is 2.98. The average molecular weight is 315 g/mol. The van der Waals surface area contributed by atoms with Gasteiger partial charge in [0.15, 0.2) is 0 Å². The minimum atomic E-state index is -0.122. The van der Waals surface area contributed by atoms with Crippen LogP contribution in [-0.2, 0) is 20.9 Å². The van der Waals surface area contributed by atoms with Gasteiger partial charge in [-0.25, -0.2) is 0 Å². The second-order valence-corrected chi connectivity index (χ2v) is 6.06. The van der Waals surface area contributed by atoms with E-state index in [4.69, 9.17) is 0 Å².